The minimum atomic E-state index is -0.0950. The second-order valence-corrected chi connectivity index (χ2v) is 4.23. The lowest BCUT2D eigenvalue weighted by molar-refractivity contribution is -0.123. The van der Waals surface area contributed by atoms with E-state index in [-0.39, 0.29) is 12.5 Å². The van der Waals surface area contributed by atoms with Gasteiger partial charge in [-0.1, -0.05) is 31.9 Å². The highest BCUT2D eigenvalue weighted by atomic mass is 16.5. The lowest BCUT2D eigenvalue weighted by atomic mass is 10.2. The summed E-state index contributed by atoms with van der Waals surface area (Å²) >= 11 is 0. The molecule has 4 heteroatoms. The highest BCUT2D eigenvalue weighted by Gasteiger charge is 2.06. The fourth-order valence-corrected chi connectivity index (χ4v) is 1.64. The molecule has 0 saturated carbocycles. The van der Waals surface area contributed by atoms with Crippen LogP contribution in [0, 0.1) is 0 Å². The second kappa shape index (κ2) is 9.25. The van der Waals surface area contributed by atoms with Crippen molar-refractivity contribution in [3.63, 3.8) is 0 Å². The molecule has 0 unspecified atom stereocenters. The molecular formula is C15H23NO3. The lowest BCUT2D eigenvalue weighted by Gasteiger charge is -2.11. The van der Waals surface area contributed by atoms with Crippen LogP contribution in [0.3, 0.4) is 0 Å². The molecule has 1 N–H and O–H groups in total. The minimum Gasteiger partial charge on any atom is -0.490 e. The van der Waals surface area contributed by atoms with Crippen molar-refractivity contribution >= 4 is 5.91 Å². The van der Waals surface area contributed by atoms with Crippen LogP contribution in [-0.2, 0) is 4.79 Å². The quantitative estimate of drug-likeness (QED) is 0.698. The Labute approximate surface area is 115 Å². The Kier molecular flexibility index (Phi) is 7.47. The third-order valence-corrected chi connectivity index (χ3v) is 2.61. The van der Waals surface area contributed by atoms with Gasteiger partial charge in [0.05, 0.1) is 6.61 Å². The first-order valence-corrected chi connectivity index (χ1v) is 6.89. The fraction of sp³-hybridized carbons (Fsp3) is 0.533. The Morgan fingerprint density at radius 2 is 1.79 bits per heavy atom. The Morgan fingerprint density at radius 1 is 1.11 bits per heavy atom. The molecule has 0 radical (unpaired) electrons. The number of nitrogens with one attached hydrogen (secondary N) is 1. The van der Waals surface area contributed by atoms with Gasteiger partial charge in [-0.3, -0.25) is 4.79 Å². The number of hydrogen-bond donors (Lipinski definition) is 1. The molecule has 1 aromatic carbocycles. The summed E-state index contributed by atoms with van der Waals surface area (Å²) in [5, 5.41) is 2.83. The van der Waals surface area contributed by atoms with Gasteiger partial charge in [-0.2, -0.15) is 0 Å². The van der Waals surface area contributed by atoms with Gasteiger partial charge < -0.3 is 14.8 Å². The molecule has 1 rings (SSSR count). The summed E-state index contributed by atoms with van der Waals surface area (Å²) < 4.78 is 10.9. The molecule has 1 aromatic rings. The van der Waals surface area contributed by atoms with Gasteiger partial charge in [0.2, 0.25) is 0 Å². The van der Waals surface area contributed by atoms with Gasteiger partial charge in [-0.15, -0.1) is 0 Å². The topological polar surface area (TPSA) is 47.6 Å². The van der Waals surface area contributed by atoms with Gasteiger partial charge in [-0.25, -0.2) is 0 Å². The van der Waals surface area contributed by atoms with Crippen molar-refractivity contribution in [1.29, 1.82) is 0 Å². The molecule has 0 aliphatic rings. The van der Waals surface area contributed by atoms with E-state index >= 15 is 0 Å². The molecule has 0 saturated heterocycles. The SMILES string of the molecule is CCCCCNC(=O)COc1ccccc1OCC. The molecule has 0 aliphatic heterocycles. The van der Waals surface area contributed by atoms with Crippen LogP contribution in [-0.4, -0.2) is 25.7 Å². The summed E-state index contributed by atoms with van der Waals surface area (Å²) in [6, 6.07) is 7.37. The molecule has 0 aliphatic carbocycles. The van der Waals surface area contributed by atoms with Crippen molar-refractivity contribution in [1.82, 2.24) is 5.32 Å². The van der Waals surface area contributed by atoms with E-state index in [0.717, 1.165) is 19.3 Å². The van der Waals surface area contributed by atoms with Crippen LogP contribution in [0.15, 0.2) is 24.3 Å². The average molecular weight is 265 g/mol. The number of carbonyl (C=O) groups excluding carboxylic acids is 1. The maximum atomic E-state index is 11.6. The van der Waals surface area contributed by atoms with Crippen molar-refractivity contribution in [2.24, 2.45) is 0 Å². The van der Waals surface area contributed by atoms with Crippen molar-refractivity contribution in [2.75, 3.05) is 19.8 Å². The van der Waals surface area contributed by atoms with Crippen LogP contribution in [0.5, 0.6) is 11.5 Å². The fourth-order valence-electron chi connectivity index (χ4n) is 1.64. The van der Waals surface area contributed by atoms with Crippen LogP contribution in [0.2, 0.25) is 0 Å². The number of unbranched alkanes of at least 4 members (excludes halogenated alkanes) is 2. The molecule has 0 fully saturated rings. The standard InChI is InChI=1S/C15H23NO3/c1-3-5-8-11-16-15(17)12-19-14-10-7-6-9-13(14)18-4-2/h6-7,9-10H,3-5,8,11-12H2,1-2H3,(H,16,17). The normalized spacial score (nSPS) is 10.0. The van der Waals surface area contributed by atoms with Crippen LogP contribution >= 0.6 is 0 Å². The third-order valence-electron chi connectivity index (χ3n) is 2.61. The van der Waals surface area contributed by atoms with E-state index in [1.54, 1.807) is 6.07 Å². The zero-order valence-electron chi connectivity index (χ0n) is 11.8. The summed E-state index contributed by atoms with van der Waals surface area (Å²) in [7, 11) is 0. The Balaban J connectivity index is 2.33. The van der Waals surface area contributed by atoms with E-state index in [4.69, 9.17) is 9.47 Å². The van der Waals surface area contributed by atoms with Crippen LogP contribution < -0.4 is 14.8 Å². The minimum absolute atomic E-state index is 0.0240. The van der Waals surface area contributed by atoms with Crippen molar-refractivity contribution in [3.05, 3.63) is 24.3 Å². The maximum Gasteiger partial charge on any atom is 0.257 e. The van der Waals surface area contributed by atoms with Crippen molar-refractivity contribution < 1.29 is 14.3 Å². The molecule has 0 bridgehead atoms. The summed E-state index contributed by atoms with van der Waals surface area (Å²) in [5.74, 6) is 1.18. The molecule has 4 nitrogen and oxygen atoms in total. The first-order valence-electron chi connectivity index (χ1n) is 6.89. The highest BCUT2D eigenvalue weighted by Crippen LogP contribution is 2.26. The summed E-state index contributed by atoms with van der Waals surface area (Å²) in [5.41, 5.74) is 0. The van der Waals surface area contributed by atoms with Crippen LogP contribution in [0.25, 0.3) is 0 Å². The van der Waals surface area contributed by atoms with E-state index in [2.05, 4.69) is 12.2 Å². The van der Waals surface area contributed by atoms with Gasteiger partial charge >= 0.3 is 0 Å². The van der Waals surface area contributed by atoms with E-state index in [1.807, 2.05) is 25.1 Å². The number of carbonyl (C=O) groups is 1. The Morgan fingerprint density at radius 3 is 2.42 bits per heavy atom. The molecule has 19 heavy (non-hydrogen) atoms. The number of hydrogen-bond acceptors (Lipinski definition) is 3. The van der Waals surface area contributed by atoms with Gasteiger partial charge in [0.15, 0.2) is 18.1 Å². The second-order valence-electron chi connectivity index (χ2n) is 4.23. The zero-order chi connectivity index (χ0) is 13.9. The van der Waals surface area contributed by atoms with E-state index < -0.39 is 0 Å². The summed E-state index contributed by atoms with van der Waals surface area (Å²) in [6.45, 7) is 5.36. The lowest BCUT2D eigenvalue weighted by Crippen LogP contribution is -2.29. The smallest absolute Gasteiger partial charge is 0.257 e. The molecule has 106 valence electrons. The number of para-hydroxylation sites is 2. The van der Waals surface area contributed by atoms with Gasteiger partial charge in [0, 0.05) is 6.54 Å². The number of amides is 1. The number of ether oxygens (including phenoxy) is 2. The highest BCUT2D eigenvalue weighted by molar-refractivity contribution is 5.77. The number of rotatable bonds is 9. The predicted molar refractivity (Wildman–Crippen MR) is 75.6 cm³/mol. The molecular weight excluding hydrogens is 242 g/mol. The maximum absolute atomic E-state index is 11.6. The molecule has 0 heterocycles. The first-order chi connectivity index (χ1) is 9.27. The van der Waals surface area contributed by atoms with E-state index in [9.17, 15) is 4.79 Å². The molecule has 0 aromatic heterocycles. The van der Waals surface area contributed by atoms with Gasteiger partial charge in [0.1, 0.15) is 0 Å². The largest absolute Gasteiger partial charge is 0.490 e. The number of benzene rings is 1. The van der Waals surface area contributed by atoms with Gasteiger partial charge in [0.25, 0.3) is 5.91 Å². The van der Waals surface area contributed by atoms with Crippen LogP contribution in [0.4, 0.5) is 0 Å². The Hall–Kier alpha value is -1.71. The Bertz CT molecular complexity index is 379. The monoisotopic (exact) mass is 265 g/mol. The van der Waals surface area contributed by atoms with Gasteiger partial charge in [-0.05, 0) is 25.5 Å². The van der Waals surface area contributed by atoms with E-state index in [1.165, 1.54) is 0 Å². The predicted octanol–water partition coefficient (Wildman–Crippen LogP) is 2.77. The van der Waals surface area contributed by atoms with Crippen molar-refractivity contribution in [2.45, 2.75) is 33.1 Å². The summed E-state index contributed by atoms with van der Waals surface area (Å²) in [6.07, 6.45) is 3.29. The van der Waals surface area contributed by atoms with Crippen molar-refractivity contribution in [3.8, 4) is 11.5 Å². The van der Waals surface area contributed by atoms with Crippen LogP contribution in [0.1, 0.15) is 33.1 Å². The first kappa shape index (κ1) is 15.3. The van der Waals surface area contributed by atoms with E-state index in [0.29, 0.717) is 24.7 Å². The zero-order valence-corrected chi connectivity index (χ0v) is 11.8. The average Bonchev–Trinajstić information content (AvgIpc) is 2.43. The molecule has 0 spiro atoms. The molecule has 0 atom stereocenters. The summed E-state index contributed by atoms with van der Waals surface area (Å²) in [4.78, 5) is 11.6. The third kappa shape index (κ3) is 6.13. The molecule has 1 amide bonds.